The quantitative estimate of drug-likeness (QED) is 0.482. The Balaban J connectivity index is 1.78. The predicted octanol–water partition coefficient (Wildman–Crippen LogP) is 5.69. The number of aromatic nitrogens is 3. The molecule has 8 heteroatoms. The van der Waals surface area contributed by atoms with Crippen molar-refractivity contribution < 1.29 is 13.2 Å². The Morgan fingerprint density at radius 1 is 1.22 bits per heavy atom. The molecule has 0 spiro atoms. The topological polar surface area (TPSA) is 42.7 Å². The zero-order valence-corrected chi connectivity index (χ0v) is 15.8. The van der Waals surface area contributed by atoms with Gasteiger partial charge in [0.2, 0.25) is 0 Å². The van der Waals surface area contributed by atoms with Crippen LogP contribution in [0.3, 0.4) is 0 Å². The molecule has 0 radical (unpaired) electrons. The van der Waals surface area contributed by atoms with Gasteiger partial charge in [-0.05, 0) is 31.0 Å². The summed E-state index contributed by atoms with van der Waals surface area (Å²) in [5.41, 5.74) is -0.244. The Morgan fingerprint density at radius 2 is 2.00 bits per heavy atom. The zero-order chi connectivity index (χ0) is 19.3. The molecule has 146 valence electrons. The standard InChI is InChI=1S/C19H23F3N4S/c1-2-11-27-18-25-24-17(26(18)16-9-4-3-5-10-16)13-23-15-8-6-7-14(12-15)19(20,21)22/h2,6-8,12,16,23H,1,3-5,9-11,13H2. The van der Waals surface area contributed by atoms with Gasteiger partial charge in [-0.2, -0.15) is 13.2 Å². The first-order chi connectivity index (χ1) is 13.0. The molecule has 1 heterocycles. The maximum Gasteiger partial charge on any atom is 0.416 e. The number of nitrogens with zero attached hydrogens (tertiary/aromatic N) is 3. The van der Waals surface area contributed by atoms with Gasteiger partial charge in [-0.1, -0.05) is 43.2 Å². The van der Waals surface area contributed by atoms with Gasteiger partial charge >= 0.3 is 6.18 Å². The maximum atomic E-state index is 12.9. The van der Waals surface area contributed by atoms with Crippen LogP contribution in [-0.2, 0) is 12.7 Å². The minimum Gasteiger partial charge on any atom is -0.378 e. The average molecular weight is 396 g/mol. The summed E-state index contributed by atoms with van der Waals surface area (Å²) < 4.78 is 40.8. The predicted molar refractivity (Wildman–Crippen MR) is 102 cm³/mol. The number of hydrogen-bond acceptors (Lipinski definition) is 4. The van der Waals surface area contributed by atoms with E-state index in [1.54, 1.807) is 17.8 Å². The summed E-state index contributed by atoms with van der Waals surface area (Å²) in [7, 11) is 0. The molecule has 0 aliphatic heterocycles. The van der Waals surface area contributed by atoms with Crippen LogP contribution in [0.4, 0.5) is 18.9 Å². The van der Waals surface area contributed by atoms with E-state index in [1.165, 1.54) is 25.3 Å². The Hall–Kier alpha value is -1.96. The number of halogens is 3. The van der Waals surface area contributed by atoms with Crippen LogP contribution in [0.2, 0.25) is 0 Å². The Labute approximate surface area is 161 Å². The van der Waals surface area contributed by atoms with Crippen molar-refractivity contribution in [2.75, 3.05) is 11.1 Å². The lowest BCUT2D eigenvalue weighted by atomic mass is 9.95. The van der Waals surface area contributed by atoms with Gasteiger partial charge in [0.25, 0.3) is 0 Å². The van der Waals surface area contributed by atoms with Crippen LogP contribution < -0.4 is 5.32 Å². The van der Waals surface area contributed by atoms with Crippen LogP contribution in [0.5, 0.6) is 0 Å². The van der Waals surface area contributed by atoms with Crippen molar-refractivity contribution in [3.05, 3.63) is 48.3 Å². The first-order valence-corrected chi connectivity index (χ1v) is 10.1. The van der Waals surface area contributed by atoms with Gasteiger partial charge in [0, 0.05) is 17.5 Å². The minimum atomic E-state index is -4.35. The van der Waals surface area contributed by atoms with Gasteiger partial charge in [0.05, 0.1) is 12.1 Å². The number of hydrogen-bond donors (Lipinski definition) is 1. The highest BCUT2D eigenvalue weighted by Crippen LogP contribution is 2.33. The second-order valence-electron chi connectivity index (χ2n) is 6.59. The molecule has 3 rings (SSSR count). The largest absolute Gasteiger partial charge is 0.416 e. The van der Waals surface area contributed by atoms with Crippen LogP contribution in [0.25, 0.3) is 0 Å². The molecule has 1 aromatic heterocycles. The Morgan fingerprint density at radius 3 is 2.70 bits per heavy atom. The van der Waals surface area contributed by atoms with Gasteiger partial charge in [-0.3, -0.25) is 0 Å². The number of anilines is 1. The molecule has 0 bridgehead atoms. The van der Waals surface area contributed by atoms with E-state index in [-0.39, 0.29) is 0 Å². The van der Waals surface area contributed by atoms with Crippen molar-refractivity contribution in [1.29, 1.82) is 0 Å². The summed E-state index contributed by atoms with van der Waals surface area (Å²) in [6.45, 7) is 4.08. The number of nitrogens with one attached hydrogen (secondary N) is 1. The summed E-state index contributed by atoms with van der Waals surface area (Å²) in [5.74, 6) is 1.50. The van der Waals surface area contributed by atoms with Gasteiger partial charge < -0.3 is 9.88 Å². The summed E-state index contributed by atoms with van der Waals surface area (Å²) >= 11 is 1.58. The molecule has 0 atom stereocenters. The minimum absolute atomic E-state index is 0.333. The highest BCUT2D eigenvalue weighted by molar-refractivity contribution is 7.99. The first-order valence-electron chi connectivity index (χ1n) is 9.07. The molecule has 1 saturated carbocycles. The molecule has 0 saturated heterocycles. The molecule has 4 nitrogen and oxygen atoms in total. The molecule has 1 aliphatic carbocycles. The van der Waals surface area contributed by atoms with Crippen LogP contribution >= 0.6 is 11.8 Å². The Bertz CT molecular complexity index is 767. The van der Waals surface area contributed by atoms with Gasteiger partial charge in [-0.25, -0.2) is 0 Å². The average Bonchev–Trinajstić information content (AvgIpc) is 3.07. The van der Waals surface area contributed by atoms with Crippen molar-refractivity contribution in [3.8, 4) is 0 Å². The normalized spacial score (nSPS) is 15.7. The van der Waals surface area contributed by atoms with E-state index >= 15 is 0 Å². The van der Waals surface area contributed by atoms with E-state index in [4.69, 9.17) is 0 Å². The summed E-state index contributed by atoms with van der Waals surface area (Å²) in [6, 6.07) is 5.57. The molecular weight excluding hydrogens is 373 g/mol. The van der Waals surface area contributed by atoms with Crippen LogP contribution in [-0.4, -0.2) is 20.5 Å². The van der Waals surface area contributed by atoms with Crippen LogP contribution in [0, 0.1) is 0 Å². The molecule has 1 aromatic carbocycles. The molecule has 2 aromatic rings. The van der Waals surface area contributed by atoms with E-state index < -0.39 is 11.7 Å². The third-order valence-corrected chi connectivity index (χ3v) is 5.58. The first kappa shape index (κ1) is 19.8. The SMILES string of the molecule is C=CCSc1nnc(CNc2cccc(C(F)(F)F)c2)n1C1CCCCC1. The lowest BCUT2D eigenvalue weighted by molar-refractivity contribution is -0.137. The smallest absolute Gasteiger partial charge is 0.378 e. The summed E-state index contributed by atoms with van der Waals surface area (Å²) in [4.78, 5) is 0. The third kappa shape index (κ3) is 5.06. The fourth-order valence-corrected chi connectivity index (χ4v) is 4.11. The fraction of sp³-hybridized carbons (Fsp3) is 0.474. The van der Waals surface area contributed by atoms with Crippen LogP contribution in [0.1, 0.15) is 49.5 Å². The van der Waals surface area contributed by atoms with E-state index in [0.29, 0.717) is 18.3 Å². The molecule has 0 amide bonds. The highest BCUT2D eigenvalue weighted by atomic mass is 32.2. The fourth-order valence-electron chi connectivity index (χ4n) is 3.35. The summed E-state index contributed by atoms with van der Waals surface area (Å²) in [6.07, 6.45) is 3.22. The molecule has 27 heavy (non-hydrogen) atoms. The lowest BCUT2D eigenvalue weighted by Gasteiger charge is -2.25. The maximum absolute atomic E-state index is 12.9. The third-order valence-electron chi connectivity index (χ3n) is 4.65. The summed E-state index contributed by atoms with van der Waals surface area (Å²) in [5, 5.41) is 12.5. The number of thioether (sulfide) groups is 1. The molecule has 0 unspecified atom stereocenters. The van der Waals surface area contributed by atoms with Crippen molar-refractivity contribution in [2.24, 2.45) is 0 Å². The lowest BCUT2D eigenvalue weighted by Crippen LogP contribution is -2.18. The van der Waals surface area contributed by atoms with E-state index in [2.05, 4.69) is 26.7 Å². The van der Waals surface area contributed by atoms with Gasteiger partial charge in [-0.15, -0.1) is 16.8 Å². The Kier molecular flexibility index (Phi) is 6.46. The van der Waals surface area contributed by atoms with Crippen molar-refractivity contribution >= 4 is 17.4 Å². The number of rotatable bonds is 7. The molecule has 1 aliphatic rings. The van der Waals surface area contributed by atoms with Gasteiger partial charge in [0.1, 0.15) is 0 Å². The van der Waals surface area contributed by atoms with Crippen molar-refractivity contribution in [2.45, 2.75) is 56.0 Å². The van der Waals surface area contributed by atoms with E-state index in [0.717, 1.165) is 41.7 Å². The molecule has 1 N–H and O–H groups in total. The molecular formula is C19H23F3N4S. The second kappa shape index (κ2) is 8.82. The number of benzene rings is 1. The highest BCUT2D eigenvalue weighted by Gasteiger charge is 2.30. The van der Waals surface area contributed by atoms with Crippen molar-refractivity contribution in [3.63, 3.8) is 0 Å². The second-order valence-corrected chi connectivity index (χ2v) is 7.58. The molecule has 1 fully saturated rings. The van der Waals surface area contributed by atoms with Crippen molar-refractivity contribution in [1.82, 2.24) is 14.8 Å². The number of alkyl halides is 3. The monoisotopic (exact) mass is 396 g/mol. The van der Waals surface area contributed by atoms with Crippen LogP contribution in [0.15, 0.2) is 42.1 Å². The van der Waals surface area contributed by atoms with Gasteiger partial charge in [0.15, 0.2) is 11.0 Å². The van der Waals surface area contributed by atoms with E-state index in [1.807, 2.05) is 6.08 Å². The zero-order valence-electron chi connectivity index (χ0n) is 15.0. The van der Waals surface area contributed by atoms with E-state index in [9.17, 15) is 13.2 Å².